The van der Waals surface area contributed by atoms with Gasteiger partial charge in [-0.2, -0.15) is 0 Å². The average Bonchev–Trinajstić information content (AvgIpc) is 2.98. The topological polar surface area (TPSA) is 101 Å². The number of nitrogens with two attached hydrogens (primary N) is 1. The Hall–Kier alpha value is -1.22. The molecule has 0 amide bonds. The van der Waals surface area contributed by atoms with Gasteiger partial charge in [-0.05, 0) is 6.07 Å². The first kappa shape index (κ1) is 12.2. The molecule has 2 heterocycles. The van der Waals surface area contributed by atoms with Crippen molar-refractivity contribution in [2.24, 2.45) is 5.73 Å². The van der Waals surface area contributed by atoms with Crippen molar-refractivity contribution in [1.29, 1.82) is 0 Å². The normalized spacial score (nSPS) is 11.8. The summed E-state index contributed by atoms with van der Waals surface area (Å²) in [5.74, 6) is 0. The van der Waals surface area contributed by atoms with Crippen LogP contribution < -0.4 is 10.5 Å². The van der Waals surface area contributed by atoms with E-state index in [1.54, 1.807) is 17.6 Å². The summed E-state index contributed by atoms with van der Waals surface area (Å²) in [7, 11) is -3.47. The van der Waals surface area contributed by atoms with E-state index < -0.39 is 10.0 Å². The molecule has 0 bridgehead atoms. The quantitative estimate of drug-likeness (QED) is 0.733. The van der Waals surface area contributed by atoms with Crippen molar-refractivity contribution in [3.05, 3.63) is 34.5 Å². The Morgan fingerprint density at radius 3 is 2.94 bits per heavy atom. The summed E-state index contributed by atoms with van der Waals surface area (Å²) in [5, 5.41) is 1.58. The lowest BCUT2D eigenvalue weighted by molar-refractivity contribution is 0.581. The third-order valence-electron chi connectivity index (χ3n) is 2.15. The van der Waals surface area contributed by atoms with Crippen molar-refractivity contribution in [1.82, 2.24) is 14.7 Å². The highest BCUT2D eigenvalue weighted by Gasteiger charge is 2.15. The highest BCUT2D eigenvalue weighted by molar-refractivity contribution is 7.89. The number of rotatable bonds is 5. The Kier molecular flexibility index (Phi) is 3.57. The van der Waals surface area contributed by atoms with Crippen LogP contribution in [0.1, 0.15) is 10.6 Å². The van der Waals surface area contributed by atoms with Gasteiger partial charge in [-0.1, -0.05) is 0 Å². The standard InChI is InChI=1S/C9H12N4O2S2/c10-2-8-1-9(5-16-8)17(14,15)13-4-7-3-11-6-12-7/h1,3,5-6,13H,2,4,10H2,(H,11,12). The Morgan fingerprint density at radius 2 is 2.35 bits per heavy atom. The maximum atomic E-state index is 11.9. The van der Waals surface area contributed by atoms with Crippen LogP contribution in [0.5, 0.6) is 0 Å². The van der Waals surface area contributed by atoms with E-state index in [4.69, 9.17) is 5.73 Å². The lowest BCUT2D eigenvalue weighted by atomic mass is 10.5. The number of nitrogens with zero attached hydrogens (tertiary/aromatic N) is 1. The average molecular weight is 272 g/mol. The first-order valence-corrected chi connectivity index (χ1v) is 7.22. The molecule has 0 aliphatic carbocycles. The molecule has 2 aromatic rings. The van der Waals surface area contributed by atoms with Crippen LogP contribution in [0.3, 0.4) is 0 Å². The van der Waals surface area contributed by atoms with Gasteiger partial charge in [0, 0.05) is 28.7 Å². The van der Waals surface area contributed by atoms with Gasteiger partial charge in [0.15, 0.2) is 0 Å². The molecule has 8 heteroatoms. The van der Waals surface area contributed by atoms with Gasteiger partial charge in [-0.3, -0.25) is 0 Å². The van der Waals surface area contributed by atoms with Gasteiger partial charge in [0.2, 0.25) is 10.0 Å². The number of aromatic amines is 1. The lowest BCUT2D eigenvalue weighted by Gasteiger charge is -2.02. The van der Waals surface area contributed by atoms with E-state index >= 15 is 0 Å². The van der Waals surface area contributed by atoms with E-state index in [1.165, 1.54) is 17.7 Å². The molecule has 0 aromatic carbocycles. The highest BCUT2D eigenvalue weighted by atomic mass is 32.2. The zero-order valence-corrected chi connectivity index (χ0v) is 10.5. The number of aromatic nitrogens is 2. The summed E-state index contributed by atoms with van der Waals surface area (Å²) in [6.45, 7) is 0.539. The van der Waals surface area contributed by atoms with Gasteiger partial charge in [0.1, 0.15) is 0 Å². The molecule has 0 aliphatic rings. The molecule has 0 saturated heterocycles. The molecule has 0 radical (unpaired) electrons. The van der Waals surface area contributed by atoms with Crippen molar-refractivity contribution >= 4 is 21.4 Å². The first-order chi connectivity index (χ1) is 8.12. The van der Waals surface area contributed by atoms with Crippen LogP contribution in [-0.4, -0.2) is 18.4 Å². The van der Waals surface area contributed by atoms with Gasteiger partial charge in [-0.25, -0.2) is 18.1 Å². The molecular formula is C9H12N4O2S2. The number of sulfonamides is 1. The number of nitrogens with one attached hydrogen (secondary N) is 2. The maximum Gasteiger partial charge on any atom is 0.241 e. The van der Waals surface area contributed by atoms with Crippen LogP contribution in [0, 0.1) is 0 Å². The van der Waals surface area contributed by atoms with Gasteiger partial charge in [-0.15, -0.1) is 11.3 Å². The first-order valence-electron chi connectivity index (χ1n) is 4.86. The minimum Gasteiger partial charge on any atom is -0.347 e. The van der Waals surface area contributed by atoms with Crippen molar-refractivity contribution in [3.63, 3.8) is 0 Å². The van der Waals surface area contributed by atoms with Crippen molar-refractivity contribution in [2.75, 3.05) is 0 Å². The minimum absolute atomic E-state index is 0.191. The van der Waals surface area contributed by atoms with Crippen LogP contribution in [-0.2, 0) is 23.1 Å². The van der Waals surface area contributed by atoms with Crippen LogP contribution >= 0.6 is 11.3 Å². The number of imidazole rings is 1. The summed E-state index contributed by atoms with van der Waals surface area (Å²) >= 11 is 1.34. The number of hydrogen-bond donors (Lipinski definition) is 3. The van der Waals surface area contributed by atoms with E-state index in [9.17, 15) is 8.42 Å². The van der Waals surface area contributed by atoms with E-state index in [0.29, 0.717) is 12.2 Å². The molecule has 92 valence electrons. The van der Waals surface area contributed by atoms with Crippen LogP contribution in [0.15, 0.2) is 28.9 Å². The monoisotopic (exact) mass is 272 g/mol. The second kappa shape index (κ2) is 4.96. The van der Waals surface area contributed by atoms with Gasteiger partial charge in [0.05, 0.1) is 17.8 Å². The number of thiophene rings is 1. The van der Waals surface area contributed by atoms with Crippen molar-refractivity contribution in [2.45, 2.75) is 18.0 Å². The molecule has 0 saturated carbocycles. The summed E-state index contributed by atoms with van der Waals surface area (Å²) in [6, 6.07) is 1.58. The highest BCUT2D eigenvalue weighted by Crippen LogP contribution is 2.18. The Labute approximate surface area is 103 Å². The van der Waals surface area contributed by atoms with E-state index in [1.807, 2.05) is 0 Å². The molecule has 0 aliphatic heterocycles. The second-order valence-corrected chi connectivity index (χ2v) is 6.12. The summed E-state index contributed by atoms with van der Waals surface area (Å²) < 4.78 is 26.2. The molecule has 0 spiro atoms. The van der Waals surface area contributed by atoms with Crippen LogP contribution in [0.25, 0.3) is 0 Å². The van der Waals surface area contributed by atoms with Gasteiger partial charge < -0.3 is 10.7 Å². The molecule has 2 rings (SSSR count). The lowest BCUT2D eigenvalue weighted by Crippen LogP contribution is -2.22. The molecule has 0 fully saturated rings. The SMILES string of the molecule is NCc1cc(S(=O)(=O)NCc2cnc[nH]2)cs1. The molecule has 6 nitrogen and oxygen atoms in total. The molecule has 0 unspecified atom stereocenters. The number of H-pyrrole nitrogens is 1. The predicted octanol–water partition coefficient (Wildman–Crippen LogP) is 0.408. The van der Waals surface area contributed by atoms with Crippen molar-refractivity contribution < 1.29 is 8.42 Å². The molecular weight excluding hydrogens is 260 g/mol. The van der Waals surface area contributed by atoms with Gasteiger partial charge in [0.25, 0.3) is 0 Å². The maximum absolute atomic E-state index is 11.9. The van der Waals surface area contributed by atoms with Crippen LogP contribution in [0.4, 0.5) is 0 Å². The fourth-order valence-electron chi connectivity index (χ4n) is 1.25. The Balaban J connectivity index is 2.08. The third-order valence-corrected chi connectivity index (χ3v) is 4.64. The Morgan fingerprint density at radius 1 is 1.53 bits per heavy atom. The minimum atomic E-state index is -3.47. The molecule has 2 aromatic heterocycles. The molecule has 4 N–H and O–H groups in total. The smallest absolute Gasteiger partial charge is 0.241 e. The molecule has 17 heavy (non-hydrogen) atoms. The van der Waals surface area contributed by atoms with E-state index in [0.717, 1.165) is 4.88 Å². The van der Waals surface area contributed by atoms with E-state index in [2.05, 4.69) is 14.7 Å². The summed E-state index contributed by atoms with van der Waals surface area (Å²) in [5.41, 5.74) is 6.15. The fraction of sp³-hybridized carbons (Fsp3) is 0.222. The Bertz CT molecular complexity index is 574. The van der Waals surface area contributed by atoms with E-state index in [-0.39, 0.29) is 11.4 Å². The van der Waals surface area contributed by atoms with Gasteiger partial charge >= 0.3 is 0 Å². The largest absolute Gasteiger partial charge is 0.347 e. The van der Waals surface area contributed by atoms with Crippen LogP contribution in [0.2, 0.25) is 0 Å². The third kappa shape index (κ3) is 2.91. The predicted molar refractivity (Wildman–Crippen MR) is 64.8 cm³/mol. The second-order valence-electron chi connectivity index (χ2n) is 3.35. The summed E-state index contributed by atoms with van der Waals surface area (Å²) in [4.78, 5) is 7.72. The number of hydrogen-bond acceptors (Lipinski definition) is 5. The zero-order chi connectivity index (χ0) is 12.3. The zero-order valence-electron chi connectivity index (χ0n) is 8.88. The fourth-order valence-corrected chi connectivity index (χ4v) is 3.41. The summed E-state index contributed by atoms with van der Waals surface area (Å²) in [6.07, 6.45) is 3.07. The van der Waals surface area contributed by atoms with Crippen molar-refractivity contribution in [3.8, 4) is 0 Å². The molecule has 0 atom stereocenters.